The predicted octanol–water partition coefficient (Wildman–Crippen LogP) is 7.05. The van der Waals surface area contributed by atoms with Crippen molar-refractivity contribution < 1.29 is 14.6 Å². The fourth-order valence-corrected chi connectivity index (χ4v) is 3.97. The van der Waals surface area contributed by atoms with Crippen molar-refractivity contribution in [3.05, 3.63) is 12.2 Å². The van der Waals surface area contributed by atoms with E-state index in [4.69, 9.17) is 4.74 Å². The molecule has 0 bridgehead atoms. The van der Waals surface area contributed by atoms with Gasteiger partial charge in [-0.3, -0.25) is 9.69 Å². The van der Waals surface area contributed by atoms with Crippen molar-refractivity contribution in [2.24, 2.45) is 0 Å². The molecular weight excluding hydrogens is 386 g/mol. The Labute approximate surface area is 193 Å². The van der Waals surface area contributed by atoms with Gasteiger partial charge in [-0.05, 0) is 58.9 Å². The number of nitrogens with zero attached hydrogens (tertiary/aromatic N) is 1. The molecular formula is C27H53NO3. The normalized spacial score (nSPS) is 13.7. The third-order valence-electron chi connectivity index (χ3n) is 5.55. The molecule has 0 aromatic carbocycles. The van der Waals surface area contributed by atoms with E-state index >= 15 is 0 Å². The number of aliphatic hydroxyl groups excluding tert-OH is 1. The molecule has 2 unspecified atom stereocenters. The zero-order valence-corrected chi connectivity index (χ0v) is 21.2. The zero-order valence-electron chi connectivity index (χ0n) is 21.2. The standard InChI is InChI=1S/C27H53NO3/c1-5-7-8-9-10-11-12-13-14-15-16-17-18-19-20-21-27(30)31-26(4)24-28(22-6-2)23-25(3)29/h13-14,25-26,29H,5-12,15-24H2,1-4H3/b14-13+. The average Bonchev–Trinajstić information content (AvgIpc) is 2.70. The Morgan fingerprint density at radius 2 is 1.35 bits per heavy atom. The molecule has 0 amide bonds. The molecule has 0 saturated carbocycles. The summed E-state index contributed by atoms with van der Waals surface area (Å²) < 4.78 is 5.56. The maximum atomic E-state index is 12.0. The van der Waals surface area contributed by atoms with Crippen molar-refractivity contribution >= 4 is 5.97 Å². The molecule has 0 fully saturated rings. The summed E-state index contributed by atoms with van der Waals surface area (Å²) in [6.45, 7) is 10.4. The van der Waals surface area contributed by atoms with E-state index in [9.17, 15) is 9.90 Å². The maximum Gasteiger partial charge on any atom is 0.306 e. The molecule has 0 aliphatic rings. The van der Waals surface area contributed by atoms with Crippen LogP contribution in [0.1, 0.15) is 124 Å². The van der Waals surface area contributed by atoms with Gasteiger partial charge in [0.15, 0.2) is 0 Å². The largest absolute Gasteiger partial charge is 0.461 e. The lowest BCUT2D eigenvalue weighted by Gasteiger charge is -2.26. The quantitative estimate of drug-likeness (QED) is 0.112. The minimum absolute atomic E-state index is 0.0846. The Bertz CT molecular complexity index is 423. The van der Waals surface area contributed by atoms with Crippen LogP contribution in [0.25, 0.3) is 0 Å². The lowest BCUT2D eigenvalue weighted by molar-refractivity contribution is -0.149. The van der Waals surface area contributed by atoms with E-state index in [1.807, 2.05) is 6.92 Å². The molecule has 0 rings (SSSR count). The number of ether oxygens (including phenoxy) is 1. The number of rotatable bonds is 22. The lowest BCUT2D eigenvalue weighted by Crippen LogP contribution is -2.38. The summed E-state index contributed by atoms with van der Waals surface area (Å²) in [5, 5.41) is 9.59. The molecule has 0 heterocycles. The van der Waals surface area contributed by atoms with Crippen molar-refractivity contribution in [3.63, 3.8) is 0 Å². The highest BCUT2D eigenvalue weighted by Crippen LogP contribution is 2.11. The van der Waals surface area contributed by atoms with E-state index < -0.39 is 0 Å². The second kappa shape index (κ2) is 22.3. The van der Waals surface area contributed by atoms with Crippen LogP contribution in [0.4, 0.5) is 0 Å². The summed E-state index contributed by atoms with van der Waals surface area (Å²) in [5.74, 6) is -0.0846. The number of hydrogen-bond acceptors (Lipinski definition) is 4. The van der Waals surface area contributed by atoms with E-state index in [1.54, 1.807) is 6.92 Å². The summed E-state index contributed by atoms with van der Waals surface area (Å²) in [6.07, 6.45) is 22.2. The van der Waals surface area contributed by atoms with Crippen molar-refractivity contribution in [3.8, 4) is 0 Å². The van der Waals surface area contributed by atoms with Crippen LogP contribution in [0.15, 0.2) is 12.2 Å². The van der Waals surface area contributed by atoms with Crippen molar-refractivity contribution in [2.45, 2.75) is 136 Å². The fraction of sp³-hybridized carbons (Fsp3) is 0.889. The minimum atomic E-state index is -0.356. The Hall–Kier alpha value is -0.870. The molecule has 31 heavy (non-hydrogen) atoms. The molecule has 0 aliphatic carbocycles. The van der Waals surface area contributed by atoms with Gasteiger partial charge in [0, 0.05) is 19.5 Å². The Morgan fingerprint density at radius 1 is 0.806 bits per heavy atom. The summed E-state index contributed by atoms with van der Waals surface area (Å²) in [7, 11) is 0. The molecule has 0 aromatic rings. The van der Waals surface area contributed by atoms with E-state index in [1.165, 1.54) is 70.6 Å². The summed E-state index contributed by atoms with van der Waals surface area (Å²) >= 11 is 0. The van der Waals surface area contributed by atoms with E-state index in [0.29, 0.717) is 19.5 Å². The summed E-state index contributed by atoms with van der Waals surface area (Å²) in [6, 6.07) is 0. The van der Waals surface area contributed by atoms with Crippen molar-refractivity contribution in [1.29, 1.82) is 0 Å². The SMILES string of the molecule is CCCCCCCC/C=C/CCCCCCCC(=O)OC(C)CN(CCC)CC(C)O. The molecule has 184 valence electrons. The minimum Gasteiger partial charge on any atom is -0.461 e. The van der Waals surface area contributed by atoms with Gasteiger partial charge in [0.05, 0.1) is 6.10 Å². The van der Waals surface area contributed by atoms with Crippen LogP contribution in [-0.4, -0.2) is 47.8 Å². The molecule has 4 heteroatoms. The monoisotopic (exact) mass is 439 g/mol. The van der Waals surface area contributed by atoms with Crippen LogP contribution in [0, 0.1) is 0 Å². The highest BCUT2D eigenvalue weighted by Gasteiger charge is 2.15. The number of hydrogen-bond donors (Lipinski definition) is 1. The highest BCUT2D eigenvalue weighted by molar-refractivity contribution is 5.69. The third-order valence-corrected chi connectivity index (χ3v) is 5.55. The first-order chi connectivity index (χ1) is 15.0. The van der Waals surface area contributed by atoms with Crippen LogP contribution in [0.3, 0.4) is 0 Å². The fourth-order valence-electron chi connectivity index (χ4n) is 3.97. The Balaban J connectivity index is 3.57. The van der Waals surface area contributed by atoms with Gasteiger partial charge in [-0.15, -0.1) is 0 Å². The van der Waals surface area contributed by atoms with E-state index in [0.717, 1.165) is 25.8 Å². The molecule has 0 spiro atoms. The number of esters is 1. The maximum absolute atomic E-state index is 12.0. The second-order valence-electron chi connectivity index (χ2n) is 9.24. The van der Waals surface area contributed by atoms with Crippen molar-refractivity contribution in [2.75, 3.05) is 19.6 Å². The predicted molar refractivity (Wildman–Crippen MR) is 133 cm³/mol. The summed E-state index contributed by atoms with van der Waals surface area (Å²) in [5.41, 5.74) is 0. The second-order valence-corrected chi connectivity index (χ2v) is 9.24. The third kappa shape index (κ3) is 22.1. The first-order valence-corrected chi connectivity index (χ1v) is 13.2. The van der Waals surface area contributed by atoms with Crippen LogP contribution in [0.2, 0.25) is 0 Å². The van der Waals surface area contributed by atoms with Crippen LogP contribution in [0.5, 0.6) is 0 Å². The van der Waals surface area contributed by atoms with Gasteiger partial charge in [0.2, 0.25) is 0 Å². The Kier molecular flexibility index (Phi) is 21.7. The van der Waals surface area contributed by atoms with Gasteiger partial charge in [-0.1, -0.05) is 77.4 Å². The molecule has 0 aliphatic heterocycles. The van der Waals surface area contributed by atoms with Gasteiger partial charge < -0.3 is 9.84 Å². The average molecular weight is 440 g/mol. The smallest absolute Gasteiger partial charge is 0.306 e. The van der Waals surface area contributed by atoms with Crippen molar-refractivity contribution in [1.82, 2.24) is 4.90 Å². The Morgan fingerprint density at radius 3 is 1.90 bits per heavy atom. The summed E-state index contributed by atoms with van der Waals surface area (Å²) in [4.78, 5) is 14.2. The van der Waals surface area contributed by atoms with E-state index in [2.05, 4.69) is 30.9 Å². The molecule has 0 saturated heterocycles. The zero-order chi connectivity index (χ0) is 23.2. The first kappa shape index (κ1) is 30.1. The van der Waals surface area contributed by atoms with Gasteiger partial charge >= 0.3 is 5.97 Å². The van der Waals surface area contributed by atoms with Crippen LogP contribution < -0.4 is 0 Å². The molecule has 0 radical (unpaired) electrons. The molecule has 0 aromatic heterocycles. The topological polar surface area (TPSA) is 49.8 Å². The van der Waals surface area contributed by atoms with Crippen LogP contribution >= 0.6 is 0 Å². The number of allylic oxidation sites excluding steroid dienone is 2. The van der Waals surface area contributed by atoms with Gasteiger partial charge in [0.1, 0.15) is 6.10 Å². The van der Waals surface area contributed by atoms with Gasteiger partial charge in [0.25, 0.3) is 0 Å². The molecule has 2 atom stereocenters. The first-order valence-electron chi connectivity index (χ1n) is 13.2. The van der Waals surface area contributed by atoms with E-state index in [-0.39, 0.29) is 18.2 Å². The lowest BCUT2D eigenvalue weighted by atomic mass is 10.1. The van der Waals surface area contributed by atoms with Crippen LogP contribution in [-0.2, 0) is 9.53 Å². The molecule has 1 N–H and O–H groups in total. The molecule has 4 nitrogen and oxygen atoms in total. The number of carbonyl (C=O) groups excluding carboxylic acids is 1. The van der Waals surface area contributed by atoms with Gasteiger partial charge in [-0.2, -0.15) is 0 Å². The number of aliphatic hydroxyl groups is 1. The number of unbranched alkanes of at least 4 members (excludes halogenated alkanes) is 11. The number of carbonyl (C=O) groups is 1. The highest BCUT2D eigenvalue weighted by atomic mass is 16.5. The van der Waals surface area contributed by atoms with Gasteiger partial charge in [-0.25, -0.2) is 0 Å².